The summed E-state index contributed by atoms with van der Waals surface area (Å²) in [5, 5.41) is 11.2. The summed E-state index contributed by atoms with van der Waals surface area (Å²) in [5.41, 5.74) is 1.41. The van der Waals surface area contributed by atoms with Gasteiger partial charge in [-0.3, -0.25) is 9.59 Å². The highest BCUT2D eigenvalue weighted by Gasteiger charge is 2.45. The molecule has 1 amide bonds. The molecule has 1 heterocycles. The van der Waals surface area contributed by atoms with Crippen LogP contribution in [0.1, 0.15) is 70.0 Å². The molecule has 0 aromatic heterocycles. The zero-order valence-electron chi connectivity index (χ0n) is 22.2. The number of hydrogen-bond donors (Lipinski definition) is 1. The smallest absolute Gasteiger partial charge is 0.295 e. The van der Waals surface area contributed by atoms with Gasteiger partial charge in [-0.05, 0) is 75.6 Å². The van der Waals surface area contributed by atoms with Gasteiger partial charge < -0.3 is 19.6 Å². The fourth-order valence-corrected chi connectivity index (χ4v) is 4.96. The van der Waals surface area contributed by atoms with Crippen molar-refractivity contribution in [1.29, 1.82) is 0 Å². The number of carbonyl (C=O) groups is 2. The van der Waals surface area contributed by atoms with Crippen LogP contribution in [0, 0.1) is 0 Å². The van der Waals surface area contributed by atoms with E-state index in [2.05, 4.69) is 34.7 Å². The van der Waals surface area contributed by atoms with Gasteiger partial charge in [0.2, 0.25) is 0 Å². The van der Waals surface area contributed by atoms with Crippen LogP contribution in [-0.4, -0.2) is 59.4 Å². The molecule has 0 aliphatic carbocycles. The highest BCUT2D eigenvalue weighted by Crippen LogP contribution is 2.40. The van der Waals surface area contributed by atoms with Crippen LogP contribution < -0.4 is 4.74 Å². The Labute approximate surface area is 229 Å². The number of rotatable bonds is 14. The molecule has 0 saturated carbocycles. The Balaban J connectivity index is 1.92. The number of unbranched alkanes of at least 4 members (excludes halogenated alkanes) is 2. The molecular weight excluding hydrogens is 532 g/mol. The molecule has 37 heavy (non-hydrogen) atoms. The van der Waals surface area contributed by atoms with E-state index in [4.69, 9.17) is 4.74 Å². The van der Waals surface area contributed by atoms with E-state index < -0.39 is 17.7 Å². The quantitative estimate of drug-likeness (QED) is 0.158. The third-order valence-electron chi connectivity index (χ3n) is 6.69. The topological polar surface area (TPSA) is 70.1 Å². The van der Waals surface area contributed by atoms with E-state index in [0.29, 0.717) is 18.7 Å². The molecule has 1 aliphatic heterocycles. The van der Waals surface area contributed by atoms with E-state index in [0.717, 1.165) is 67.5 Å². The van der Waals surface area contributed by atoms with Crippen LogP contribution in [0.2, 0.25) is 0 Å². The van der Waals surface area contributed by atoms with Gasteiger partial charge >= 0.3 is 0 Å². The monoisotopic (exact) mass is 570 g/mol. The predicted molar refractivity (Wildman–Crippen MR) is 152 cm³/mol. The van der Waals surface area contributed by atoms with Crippen molar-refractivity contribution >= 4 is 33.4 Å². The SMILES string of the molecule is CCCCN(CCCC)CCCN1C(=O)C(=O)C(=C(O)c2ccc(Br)cc2)C1c1ccc(OCC)cc1. The molecule has 1 atom stereocenters. The molecule has 3 rings (SSSR count). The highest BCUT2D eigenvalue weighted by atomic mass is 79.9. The Kier molecular flexibility index (Phi) is 11.2. The van der Waals surface area contributed by atoms with E-state index in [1.54, 1.807) is 29.2 Å². The number of amides is 1. The maximum absolute atomic E-state index is 13.3. The Morgan fingerprint density at radius 2 is 1.51 bits per heavy atom. The van der Waals surface area contributed by atoms with Crippen molar-refractivity contribution in [3.8, 4) is 5.75 Å². The summed E-state index contributed by atoms with van der Waals surface area (Å²) >= 11 is 3.41. The fourth-order valence-electron chi connectivity index (χ4n) is 4.70. The molecule has 0 bridgehead atoms. The van der Waals surface area contributed by atoms with Crippen molar-refractivity contribution in [2.75, 3.05) is 32.8 Å². The normalized spacial score (nSPS) is 17.1. The maximum atomic E-state index is 13.3. The first-order chi connectivity index (χ1) is 17.9. The number of hydrogen-bond acceptors (Lipinski definition) is 5. The molecule has 1 fully saturated rings. The number of aliphatic hydroxyl groups excluding tert-OH is 1. The van der Waals surface area contributed by atoms with Gasteiger partial charge in [-0.1, -0.05) is 66.9 Å². The molecule has 0 spiro atoms. The summed E-state index contributed by atoms with van der Waals surface area (Å²) in [6, 6.07) is 13.9. The van der Waals surface area contributed by atoms with Gasteiger partial charge in [-0.2, -0.15) is 0 Å². The molecule has 1 unspecified atom stereocenters. The van der Waals surface area contributed by atoms with Crippen LogP contribution in [0.5, 0.6) is 5.75 Å². The lowest BCUT2D eigenvalue weighted by Crippen LogP contribution is -2.34. The summed E-state index contributed by atoms with van der Waals surface area (Å²) in [6.07, 6.45) is 5.34. The van der Waals surface area contributed by atoms with E-state index in [1.165, 1.54) is 0 Å². The minimum absolute atomic E-state index is 0.130. The minimum Gasteiger partial charge on any atom is -0.507 e. The third-order valence-corrected chi connectivity index (χ3v) is 7.22. The number of aliphatic hydroxyl groups is 1. The number of likely N-dealkylation sites (tertiary alicyclic amines) is 1. The minimum atomic E-state index is -0.654. The lowest BCUT2D eigenvalue weighted by atomic mass is 9.95. The van der Waals surface area contributed by atoms with Gasteiger partial charge in [0.15, 0.2) is 0 Å². The lowest BCUT2D eigenvalue weighted by molar-refractivity contribution is -0.140. The van der Waals surface area contributed by atoms with Gasteiger partial charge in [-0.15, -0.1) is 0 Å². The maximum Gasteiger partial charge on any atom is 0.295 e. The van der Waals surface area contributed by atoms with E-state index in [1.807, 2.05) is 31.2 Å². The first-order valence-electron chi connectivity index (χ1n) is 13.4. The second-order valence-electron chi connectivity index (χ2n) is 9.40. The zero-order valence-corrected chi connectivity index (χ0v) is 23.8. The highest BCUT2D eigenvalue weighted by molar-refractivity contribution is 9.10. The number of Topliss-reactive ketones (excluding diaryl/α,β-unsaturated/α-hetero) is 1. The van der Waals surface area contributed by atoms with Gasteiger partial charge in [0.25, 0.3) is 11.7 Å². The molecular formula is C30H39BrN2O4. The standard InChI is InChI=1S/C30H39BrN2O4/c1-4-7-18-32(19-8-5-2)20-9-21-33-27(22-12-16-25(17-13-22)37-6-3)26(29(35)30(33)36)28(34)23-10-14-24(31)15-11-23/h10-17,27,34H,4-9,18-21H2,1-3H3. The Hall–Kier alpha value is -2.64. The summed E-state index contributed by atoms with van der Waals surface area (Å²) in [5.74, 6) is -0.641. The van der Waals surface area contributed by atoms with Crippen LogP contribution in [0.4, 0.5) is 0 Å². The van der Waals surface area contributed by atoms with Crippen LogP contribution in [0.15, 0.2) is 58.6 Å². The molecule has 2 aromatic carbocycles. The largest absolute Gasteiger partial charge is 0.507 e. The van der Waals surface area contributed by atoms with Gasteiger partial charge in [0, 0.05) is 16.6 Å². The first kappa shape index (κ1) is 28.9. The van der Waals surface area contributed by atoms with Gasteiger partial charge in [0.1, 0.15) is 11.5 Å². The average molecular weight is 572 g/mol. The Morgan fingerprint density at radius 1 is 0.919 bits per heavy atom. The van der Waals surface area contributed by atoms with E-state index in [9.17, 15) is 14.7 Å². The van der Waals surface area contributed by atoms with Crippen LogP contribution in [0.3, 0.4) is 0 Å². The van der Waals surface area contributed by atoms with Crippen molar-refractivity contribution in [1.82, 2.24) is 9.80 Å². The number of nitrogens with zero attached hydrogens (tertiary/aromatic N) is 2. The predicted octanol–water partition coefficient (Wildman–Crippen LogP) is 6.56. The second kappa shape index (κ2) is 14.3. The molecule has 6 nitrogen and oxygen atoms in total. The summed E-state index contributed by atoms with van der Waals surface area (Å²) in [7, 11) is 0. The molecule has 1 N–H and O–H groups in total. The van der Waals surface area contributed by atoms with Crippen molar-refractivity contribution in [3.63, 3.8) is 0 Å². The number of ketones is 1. The summed E-state index contributed by atoms with van der Waals surface area (Å²) in [4.78, 5) is 30.6. The number of ether oxygens (including phenoxy) is 1. The number of halogens is 1. The zero-order chi connectivity index (χ0) is 26.8. The van der Waals surface area contributed by atoms with Crippen LogP contribution in [0.25, 0.3) is 5.76 Å². The molecule has 7 heteroatoms. The summed E-state index contributed by atoms with van der Waals surface area (Å²) < 4.78 is 6.45. The lowest BCUT2D eigenvalue weighted by Gasteiger charge is -2.27. The number of benzene rings is 2. The van der Waals surface area contributed by atoms with Crippen LogP contribution >= 0.6 is 15.9 Å². The Morgan fingerprint density at radius 3 is 2.08 bits per heavy atom. The Bertz CT molecular complexity index is 1060. The molecule has 1 aliphatic rings. The van der Waals surface area contributed by atoms with Gasteiger partial charge in [-0.25, -0.2) is 0 Å². The fraction of sp³-hybridized carbons (Fsp3) is 0.467. The molecule has 2 aromatic rings. The van der Waals surface area contributed by atoms with Crippen molar-refractivity contribution in [2.45, 2.75) is 58.9 Å². The molecule has 200 valence electrons. The van der Waals surface area contributed by atoms with Crippen LogP contribution in [-0.2, 0) is 9.59 Å². The van der Waals surface area contributed by atoms with Gasteiger partial charge in [0.05, 0.1) is 18.2 Å². The first-order valence-corrected chi connectivity index (χ1v) is 14.2. The third kappa shape index (κ3) is 7.45. The summed E-state index contributed by atoms with van der Waals surface area (Å²) in [6.45, 7) is 10.3. The van der Waals surface area contributed by atoms with E-state index >= 15 is 0 Å². The molecule has 0 radical (unpaired) electrons. The average Bonchev–Trinajstić information content (AvgIpc) is 3.15. The molecule has 1 saturated heterocycles. The van der Waals surface area contributed by atoms with E-state index in [-0.39, 0.29) is 11.3 Å². The van der Waals surface area contributed by atoms with Crippen molar-refractivity contribution in [2.24, 2.45) is 0 Å². The second-order valence-corrected chi connectivity index (χ2v) is 10.3. The van der Waals surface area contributed by atoms with Crippen molar-refractivity contribution < 1.29 is 19.4 Å². The number of carbonyl (C=O) groups excluding carboxylic acids is 2. The van der Waals surface area contributed by atoms with Crippen molar-refractivity contribution in [3.05, 3.63) is 69.7 Å².